The van der Waals surface area contributed by atoms with Crippen LogP contribution in [0.3, 0.4) is 0 Å². The topological polar surface area (TPSA) is 94.8 Å². The maximum Gasteiger partial charge on any atom is 0.152 e. The Bertz CT molecular complexity index is 592. The second-order valence-corrected chi connectivity index (χ2v) is 7.19. The average molecular weight is 320 g/mol. The normalized spacial score (nSPS) is 42.7. The molecule has 1 fully saturated rings. The molecule has 0 radical (unpaired) electrons. The number of Topliss-reactive ketones (excluding diaryl/α,β-unsaturated/α-hetero) is 2. The molecule has 1 spiro atoms. The fourth-order valence-electron chi connectivity index (χ4n) is 4.72. The van der Waals surface area contributed by atoms with Crippen LogP contribution < -0.4 is 0 Å². The van der Waals surface area contributed by atoms with Gasteiger partial charge in [-0.1, -0.05) is 31.1 Å². The van der Waals surface area contributed by atoms with E-state index in [9.17, 15) is 24.9 Å². The first-order valence-electron chi connectivity index (χ1n) is 8.32. The molecule has 0 heterocycles. The van der Waals surface area contributed by atoms with Crippen LogP contribution in [0.2, 0.25) is 0 Å². The molecule has 5 atom stereocenters. The number of aliphatic hydroxyl groups excluding tert-OH is 2. The Labute approximate surface area is 135 Å². The highest BCUT2D eigenvalue weighted by atomic mass is 16.3. The molecule has 3 rings (SSSR count). The van der Waals surface area contributed by atoms with Crippen molar-refractivity contribution in [3.05, 3.63) is 23.8 Å². The Kier molecular flexibility index (Phi) is 4.07. The van der Waals surface area contributed by atoms with Gasteiger partial charge in [-0.15, -0.1) is 0 Å². The predicted molar refractivity (Wildman–Crippen MR) is 83.5 cm³/mol. The molecule has 2 bridgehead atoms. The quantitative estimate of drug-likeness (QED) is 0.672. The van der Waals surface area contributed by atoms with Gasteiger partial charge in [0.1, 0.15) is 17.5 Å². The highest BCUT2D eigenvalue weighted by Gasteiger charge is 2.66. The zero-order valence-electron chi connectivity index (χ0n) is 13.4. The summed E-state index contributed by atoms with van der Waals surface area (Å²) < 4.78 is 0. The van der Waals surface area contributed by atoms with Gasteiger partial charge in [0.15, 0.2) is 5.78 Å². The molecule has 0 amide bonds. The molecule has 0 aromatic rings. The standard InChI is InChI=1S/C18H24O5/c1-11(20)8-14-5-7-17-6-3-2-4-12(15(17)21)9-13(10-19)16(22)18(14,17)23/h5,7,9,12,14,16,19,22-23H,2-4,6,8,10H2,1H3/t12-,14-,16-,17?,18-/m1/s1. The SMILES string of the molecule is CC(=O)C[C@H]1C=CC23CCCC[C@H](C=C(CO)[C@@H](O)[C@]12O)C3=O. The summed E-state index contributed by atoms with van der Waals surface area (Å²) >= 11 is 0. The second kappa shape index (κ2) is 5.65. The van der Waals surface area contributed by atoms with Gasteiger partial charge in [0.05, 0.1) is 12.0 Å². The number of aliphatic hydroxyl groups is 3. The summed E-state index contributed by atoms with van der Waals surface area (Å²) in [5, 5.41) is 32.0. The third-order valence-electron chi connectivity index (χ3n) is 5.88. The van der Waals surface area contributed by atoms with Gasteiger partial charge in [0.25, 0.3) is 0 Å². The average Bonchev–Trinajstić information content (AvgIpc) is 2.65. The smallest absolute Gasteiger partial charge is 0.152 e. The van der Waals surface area contributed by atoms with E-state index in [0.29, 0.717) is 12.8 Å². The van der Waals surface area contributed by atoms with Crippen LogP contribution in [-0.2, 0) is 9.59 Å². The number of fused-ring (bicyclic) bond motifs is 1. The summed E-state index contributed by atoms with van der Waals surface area (Å²) in [5.74, 6) is -1.22. The number of ketones is 2. The van der Waals surface area contributed by atoms with Gasteiger partial charge in [-0.3, -0.25) is 4.79 Å². The fraction of sp³-hybridized carbons (Fsp3) is 0.667. The minimum Gasteiger partial charge on any atom is -0.392 e. The summed E-state index contributed by atoms with van der Waals surface area (Å²) in [4.78, 5) is 24.8. The zero-order valence-corrected chi connectivity index (χ0v) is 13.4. The molecule has 3 N–H and O–H groups in total. The van der Waals surface area contributed by atoms with Crippen molar-refractivity contribution in [3.8, 4) is 0 Å². The van der Waals surface area contributed by atoms with E-state index in [1.165, 1.54) is 6.92 Å². The van der Waals surface area contributed by atoms with Crippen LogP contribution >= 0.6 is 0 Å². The monoisotopic (exact) mass is 320 g/mol. The van der Waals surface area contributed by atoms with Crippen LogP contribution in [-0.4, -0.2) is 45.2 Å². The molecule has 3 aliphatic carbocycles. The van der Waals surface area contributed by atoms with Crippen LogP contribution in [0, 0.1) is 17.3 Å². The minimum absolute atomic E-state index is 0.0719. The van der Waals surface area contributed by atoms with E-state index in [4.69, 9.17) is 0 Å². The third-order valence-corrected chi connectivity index (χ3v) is 5.88. The highest BCUT2D eigenvalue weighted by molar-refractivity contribution is 5.94. The van der Waals surface area contributed by atoms with Crippen molar-refractivity contribution in [2.24, 2.45) is 17.3 Å². The molecule has 23 heavy (non-hydrogen) atoms. The summed E-state index contributed by atoms with van der Waals surface area (Å²) in [7, 11) is 0. The molecule has 5 nitrogen and oxygen atoms in total. The van der Waals surface area contributed by atoms with Crippen molar-refractivity contribution in [2.75, 3.05) is 6.61 Å². The van der Waals surface area contributed by atoms with E-state index in [-0.39, 0.29) is 23.6 Å². The third kappa shape index (κ3) is 2.17. The van der Waals surface area contributed by atoms with Crippen LogP contribution in [0.4, 0.5) is 0 Å². The largest absolute Gasteiger partial charge is 0.392 e. The summed E-state index contributed by atoms with van der Waals surface area (Å²) in [5.41, 5.74) is -2.64. The highest BCUT2D eigenvalue weighted by Crippen LogP contribution is 2.57. The van der Waals surface area contributed by atoms with Crippen molar-refractivity contribution in [1.82, 2.24) is 0 Å². The lowest BCUT2D eigenvalue weighted by Gasteiger charge is -2.46. The van der Waals surface area contributed by atoms with Crippen molar-refractivity contribution in [2.45, 2.75) is 50.7 Å². The number of allylic oxidation sites excluding steroid dienone is 1. The molecule has 126 valence electrons. The molecule has 0 aliphatic heterocycles. The first kappa shape index (κ1) is 16.6. The van der Waals surface area contributed by atoms with Gasteiger partial charge in [0, 0.05) is 18.3 Å². The van der Waals surface area contributed by atoms with Gasteiger partial charge < -0.3 is 20.1 Å². The van der Waals surface area contributed by atoms with E-state index < -0.39 is 35.6 Å². The Morgan fingerprint density at radius 2 is 2.13 bits per heavy atom. The number of hydrogen-bond donors (Lipinski definition) is 3. The van der Waals surface area contributed by atoms with Crippen LogP contribution in [0.5, 0.6) is 0 Å². The Hall–Kier alpha value is -1.30. The maximum absolute atomic E-state index is 13.2. The molecule has 1 unspecified atom stereocenters. The Morgan fingerprint density at radius 1 is 1.39 bits per heavy atom. The van der Waals surface area contributed by atoms with E-state index in [1.807, 2.05) is 0 Å². The van der Waals surface area contributed by atoms with Gasteiger partial charge >= 0.3 is 0 Å². The molecule has 3 aliphatic rings. The number of carbonyl (C=O) groups is 2. The summed E-state index contributed by atoms with van der Waals surface area (Å²) in [6.45, 7) is 1.03. The van der Waals surface area contributed by atoms with Crippen LogP contribution in [0.1, 0.15) is 39.0 Å². The lowest BCUT2D eigenvalue weighted by atomic mass is 9.62. The Morgan fingerprint density at radius 3 is 2.78 bits per heavy atom. The van der Waals surface area contributed by atoms with E-state index in [2.05, 4.69) is 0 Å². The van der Waals surface area contributed by atoms with Crippen molar-refractivity contribution < 1.29 is 24.9 Å². The summed E-state index contributed by atoms with van der Waals surface area (Å²) in [6, 6.07) is 0. The lowest BCUT2D eigenvalue weighted by molar-refractivity contribution is -0.168. The first-order valence-corrected chi connectivity index (χ1v) is 8.32. The molecular weight excluding hydrogens is 296 g/mol. The lowest BCUT2D eigenvalue weighted by Crippen LogP contribution is -2.60. The van der Waals surface area contributed by atoms with E-state index in [1.54, 1.807) is 18.2 Å². The molecule has 0 aromatic heterocycles. The van der Waals surface area contributed by atoms with Gasteiger partial charge in [-0.2, -0.15) is 0 Å². The van der Waals surface area contributed by atoms with E-state index in [0.717, 1.165) is 12.8 Å². The van der Waals surface area contributed by atoms with E-state index >= 15 is 0 Å². The van der Waals surface area contributed by atoms with Crippen LogP contribution in [0.15, 0.2) is 23.8 Å². The van der Waals surface area contributed by atoms with Gasteiger partial charge in [0.2, 0.25) is 0 Å². The number of hydrogen-bond acceptors (Lipinski definition) is 5. The maximum atomic E-state index is 13.2. The van der Waals surface area contributed by atoms with Gasteiger partial charge in [-0.05, 0) is 25.3 Å². The molecule has 0 saturated heterocycles. The van der Waals surface area contributed by atoms with Crippen molar-refractivity contribution in [3.63, 3.8) is 0 Å². The first-order chi connectivity index (χ1) is 10.9. The van der Waals surface area contributed by atoms with Crippen LogP contribution in [0.25, 0.3) is 0 Å². The zero-order chi connectivity index (χ0) is 16.8. The second-order valence-electron chi connectivity index (χ2n) is 7.19. The Balaban J connectivity index is 2.17. The molecule has 0 aromatic carbocycles. The fourth-order valence-corrected chi connectivity index (χ4v) is 4.72. The molecule has 1 saturated carbocycles. The minimum atomic E-state index is -1.76. The summed E-state index contributed by atoms with van der Waals surface area (Å²) in [6.07, 6.45) is 6.58. The molecular formula is C18H24O5. The van der Waals surface area contributed by atoms with Crippen molar-refractivity contribution in [1.29, 1.82) is 0 Å². The number of carbonyl (C=O) groups excluding carboxylic acids is 2. The van der Waals surface area contributed by atoms with Crippen molar-refractivity contribution >= 4 is 11.6 Å². The number of rotatable bonds is 3. The molecule has 5 heteroatoms. The van der Waals surface area contributed by atoms with Gasteiger partial charge in [-0.25, -0.2) is 0 Å². The predicted octanol–water partition coefficient (Wildman–Crippen LogP) is 0.921.